The third-order valence-electron chi connectivity index (χ3n) is 5.87. The van der Waals surface area contributed by atoms with Crippen LogP contribution in [0.1, 0.15) is 131 Å². The Morgan fingerprint density at radius 2 is 1.12 bits per heavy atom. The predicted octanol–water partition coefficient (Wildman–Crippen LogP) is 6.42. The molecular formula is C28H45O6-. The summed E-state index contributed by atoms with van der Waals surface area (Å²) in [5.74, 6) is -3.80. The molecule has 0 aliphatic rings. The summed E-state index contributed by atoms with van der Waals surface area (Å²) in [6, 6.07) is 5.84. The Labute approximate surface area is 206 Å². The number of unbranched alkanes of at least 4 members (excludes halogenated alkanes) is 12. The van der Waals surface area contributed by atoms with Crippen LogP contribution in [-0.4, -0.2) is 31.1 Å². The van der Waals surface area contributed by atoms with E-state index in [1.54, 1.807) is 13.0 Å². The number of benzene rings is 1. The fraction of sp³-hybridized carbons (Fsp3) is 0.714. The second-order valence-electron chi connectivity index (χ2n) is 9.02. The van der Waals surface area contributed by atoms with E-state index in [4.69, 9.17) is 14.2 Å². The van der Waals surface area contributed by atoms with Gasteiger partial charge in [0, 0.05) is 12.5 Å². The van der Waals surface area contributed by atoms with Gasteiger partial charge >= 0.3 is 11.9 Å². The predicted molar refractivity (Wildman–Crippen MR) is 132 cm³/mol. The number of hydrogen-bond donors (Lipinski definition) is 0. The number of rotatable bonds is 21. The molecule has 0 spiro atoms. The Kier molecular flexibility index (Phi) is 16.3. The van der Waals surface area contributed by atoms with E-state index in [1.807, 2.05) is 0 Å². The molecule has 6 nitrogen and oxygen atoms in total. The Hall–Kier alpha value is -1.92. The van der Waals surface area contributed by atoms with E-state index < -0.39 is 17.9 Å². The second-order valence-corrected chi connectivity index (χ2v) is 9.02. The van der Waals surface area contributed by atoms with E-state index in [1.165, 1.54) is 69.6 Å². The molecule has 1 aromatic carbocycles. The Morgan fingerprint density at radius 3 is 1.56 bits per heavy atom. The summed E-state index contributed by atoms with van der Waals surface area (Å²) in [5.41, 5.74) is -0.290. The van der Waals surface area contributed by atoms with Crippen LogP contribution in [0.3, 0.4) is 0 Å². The highest BCUT2D eigenvalue weighted by Gasteiger charge is 2.32. The van der Waals surface area contributed by atoms with Crippen LogP contribution in [0.2, 0.25) is 0 Å². The SMILES string of the molecule is CCCCCCCCCOC(C)(OCCCCCCCCC)OC(=O)c1ccccc1C(=O)[O-]. The van der Waals surface area contributed by atoms with Gasteiger partial charge < -0.3 is 24.1 Å². The van der Waals surface area contributed by atoms with Crippen molar-refractivity contribution < 1.29 is 28.9 Å². The number of esters is 1. The maximum absolute atomic E-state index is 12.8. The summed E-state index contributed by atoms with van der Waals surface area (Å²) in [6.45, 7) is 6.78. The molecule has 0 bridgehead atoms. The molecule has 194 valence electrons. The lowest BCUT2D eigenvalue weighted by Gasteiger charge is -2.29. The molecule has 0 radical (unpaired) electrons. The van der Waals surface area contributed by atoms with Crippen molar-refractivity contribution in [1.82, 2.24) is 0 Å². The Morgan fingerprint density at radius 1 is 0.706 bits per heavy atom. The molecule has 0 unspecified atom stereocenters. The van der Waals surface area contributed by atoms with Crippen molar-refractivity contribution in [2.24, 2.45) is 0 Å². The summed E-state index contributed by atoms with van der Waals surface area (Å²) in [5, 5.41) is 11.4. The summed E-state index contributed by atoms with van der Waals surface area (Å²) in [6.07, 6.45) is 16.0. The molecule has 0 saturated carbocycles. The van der Waals surface area contributed by atoms with Crippen molar-refractivity contribution in [1.29, 1.82) is 0 Å². The van der Waals surface area contributed by atoms with Gasteiger partial charge in [-0.1, -0.05) is 109 Å². The van der Waals surface area contributed by atoms with Crippen LogP contribution in [0, 0.1) is 0 Å². The number of ether oxygens (including phenoxy) is 3. The molecule has 0 atom stereocenters. The van der Waals surface area contributed by atoms with Gasteiger partial charge in [-0.2, -0.15) is 0 Å². The Bertz CT molecular complexity index is 667. The lowest BCUT2D eigenvalue weighted by atomic mass is 10.1. The van der Waals surface area contributed by atoms with Crippen LogP contribution >= 0.6 is 0 Å². The maximum Gasteiger partial charge on any atom is 0.343 e. The van der Waals surface area contributed by atoms with Crippen LogP contribution in [0.4, 0.5) is 0 Å². The van der Waals surface area contributed by atoms with Gasteiger partial charge in [0.15, 0.2) is 0 Å². The monoisotopic (exact) mass is 477 g/mol. The number of carbonyl (C=O) groups is 2. The van der Waals surface area contributed by atoms with E-state index in [-0.39, 0.29) is 11.1 Å². The fourth-order valence-corrected chi connectivity index (χ4v) is 3.80. The van der Waals surface area contributed by atoms with Crippen LogP contribution in [0.25, 0.3) is 0 Å². The fourth-order valence-electron chi connectivity index (χ4n) is 3.80. The highest BCUT2D eigenvalue weighted by molar-refractivity contribution is 6.01. The average Bonchev–Trinajstić information content (AvgIpc) is 2.82. The van der Waals surface area contributed by atoms with E-state index in [0.29, 0.717) is 13.2 Å². The molecule has 0 saturated heterocycles. The molecule has 0 aliphatic carbocycles. The first-order chi connectivity index (χ1) is 16.4. The largest absolute Gasteiger partial charge is 0.545 e. The van der Waals surface area contributed by atoms with Crippen molar-refractivity contribution in [3.05, 3.63) is 35.4 Å². The summed E-state index contributed by atoms with van der Waals surface area (Å²) in [7, 11) is 0. The van der Waals surface area contributed by atoms with Gasteiger partial charge in [0.2, 0.25) is 0 Å². The maximum atomic E-state index is 12.8. The molecule has 0 aliphatic heterocycles. The average molecular weight is 478 g/mol. The lowest BCUT2D eigenvalue weighted by Crippen LogP contribution is -2.39. The van der Waals surface area contributed by atoms with Crippen molar-refractivity contribution in [3.63, 3.8) is 0 Å². The topological polar surface area (TPSA) is 84.9 Å². The molecule has 34 heavy (non-hydrogen) atoms. The molecule has 0 N–H and O–H groups in total. The molecule has 6 heteroatoms. The van der Waals surface area contributed by atoms with Gasteiger partial charge in [-0.05, 0) is 18.9 Å². The number of carbonyl (C=O) groups excluding carboxylic acids is 2. The Balaban J connectivity index is 2.60. The molecule has 0 heterocycles. The van der Waals surface area contributed by atoms with Crippen molar-refractivity contribution in [3.8, 4) is 0 Å². The zero-order valence-electron chi connectivity index (χ0n) is 21.6. The normalized spacial score (nSPS) is 11.5. The van der Waals surface area contributed by atoms with Crippen molar-refractivity contribution in [2.75, 3.05) is 13.2 Å². The molecule has 0 amide bonds. The van der Waals surface area contributed by atoms with Crippen LogP contribution in [0.15, 0.2) is 24.3 Å². The molecule has 1 rings (SSSR count). The van der Waals surface area contributed by atoms with Crippen molar-refractivity contribution >= 4 is 11.9 Å². The van der Waals surface area contributed by atoms with Crippen LogP contribution in [0.5, 0.6) is 0 Å². The van der Waals surface area contributed by atoms with Crippen molar-refractivity contribution in [2.45, 2.75) is 117 Å². The molecular weight excluding hydrogens is 432 g/mol. The summed E-state index contributed by atoms with van der Waals surface area (Å²) in [4.78, 5) is 24.2. The first-order valence-corrected chi connectivity index (χ1v) is 13.2. The van der Waals surface area contributed by atoms with E-state index >= 15 is 0 Å². The minimum atomic E-state index is -1.57. The first-order valence-electron chi connectivity index (χ1n) is 13.2. The van der Waals surface area contributed by atoms with Crippen LogP contribution < -0.4 is 5.11 Å². The molecule has 0 fully saturated rings. The van der Waals surface area contributed by atoms with Gasteiger partial charge in [-0.25, -0.2) is 4.79 Å². The third-order valence-corrected chi connectivity index (χ3v) is 5.87. The highest BCUT2D eigenvalue weighted by atomic mass is 16.9. The quantitative estimate of drug-likeness (QED) is 0.115. The minimum absolute atomic E-state index is 0.0761. The van der Waals surface area contributed by atoms with E-state index in [0.717, 1.165) is 38.5 Å². The van der Waals surface area contributed by atoms with E-state index in [9.17, 15) is 14.7 Å². The van der Waals surface area contributed by atoms with Gasteiger partial charge in [0.25, 0.3) is 0 Å². The molecule has 0 aromatic heterocycles. The number of hydrogen-bond acceptors (Lipinski definition) is 6. The summed E-state index contributed by atoms with van der Waals surface area (Å²) >= 11 is 0. The van der Waals surface area contributed by atoms with Gasteiger partial charge in [0.05, 0.1) is 24.7 Å². The zero-order chi connectivity index (χ0) is 25.1. The standard InChI is InChI=1S/C28H46O6/c1-4-6-8-10-12-14-18-22-32-28(3,33-23-19-15-13-11-9-7-5-2)34-27(31)25-21-17-16-20-24(25)26(29)30/h16-17,20-21H,4-15,18-19,22-23H2,1-3H3,(H,29,30)/p-1. The lowest BCUT2D eigenvalue weighted by molar-refractivity contribution is -0.345. The van der Waals surface area contributed by atoms with E-state index in [2.05, 4.69) is 13.8 Å². The smallest absolute Gasteiger partial charge is 0.343 e. The summed E-state index contributed by atoms with van der Waals surface area (Å²) < 4.78 is 17.3. The zero-order valence-corrected chi connectivity index (χ0v) is 21.6. The van der Waals surface area contributed by atoms with Crippen LogP contribution in [-0.2, 0) is 14.2 Å². The molecule has 1 aromatic rings. The van der Waals surface area contributed by atoms with Gasteiger partial charge in [-0.15, -0.1) is 0 Å². The van der Waals surface area contributed by atoms with Gasteiger partial charge in [0.1, 0.15) is 0 Å². The number of carboxylic acid groups (broad SMARTS) is 1. The second kappa shape index (κ2) is 18.4. The number of carboxylic acids is 1. The number of aromatic carboxylic acids is 1. The van der Waals surface area contributed by atoms with Gasteiger partial charge in [-0.3, -0.25) is 0 Å². The minimum Gasteiger partial charge on any atom is -0.545 e. The highest BCUT2D eigenvalue weighted by Crippen LogP contribution is 2.21. The first kappa shape index (κ1) is 30.1. The third kappa shape index (κ3) is 13.1.